The number of urea groups is 1. The lowest BCUT2D eigenvalue weighted by molar-refractivity contribution is -0.143. The number of ether oxygens (including phenoxy) is 1. The van der Waals surface area contributed by atoms with Gasteiger partial charge in [0.1, 0.15) is 5.75 Å². The van der Waals surface area contributed by atoms with Crippen LogP contribution in [0, 0.1) is 0 Å². The fraction of sp³-hybridized carbons (Fsp3) is 0.364. The molecule has 3 N–H and O–H groups in total. The first-order chi connectivity index (χ1) is 13.4. The number of carbonyl (C=O) groups is 2. The van der Waals surface area contributed by atoms with Gasteiger partial charge >= 0.3 is 12.0 Å². The maximum atomic E-state index is 13.0. The van der Waals surface area contributed by atoms with Crippen LogP contribution in [0.1, 0.15) is 51.6 Å². The van der Waals surface area contributed by atoms with E-state index in [0.29, 0.717) is 23.3 Å². The van der Waals surface area contributed by atoms with Crippen LogP contribution in [0.25, 0.3) is 10.8 Å². The molecule has 0 saturated carbocycles. The van der Waals surface area contributed by atoms with Crippen LogP contribution in [-0.4, -0.2) is 23.2 Å². The summed E-state index contributed by atoms with van der Waals surface area (Å²) in [4.78, 5) is 25.3. The second-order valence-corrected chi connectivity index (χ2v) is 7.20. The average Bonchev–Trinajstić information content (AvgIpc) is 2.65. The van der Waals surface area contributed by atoms with Crippen LogP contribution >= 0.6 is 0 Å². The minimum Gasteiger partial charge on any atom is -0.508 e. The Kier molecular flexibility index (Phi) is 5.87. The molecule has 0 radical (unpaired) electrons. The zero-order valence-electron chi connectivity index (χ0n) is 16.4. The smallest absolute Gasteiger partial charge is 0.338 e. The molecule has 148 valence electrons. The van der Waals surface area contributed by atoms with Gasteiger partial charge in [-0.25, -0.2) is 9.59 Å². The van der Waals surface area contributed by atoms with Crippen LogP contribution in [0.4, 0.5) is 4.79 Å². The van der Waals surface area contributed by atoms with Crippen LogP contribution in [0.2, 0.25) is 0 Å². The molecule has 1 aliphatic rings. The summed E-state index contributed by atoms with van der Waals surface area (Å²) in [5.74, 6) is -0.471. The molecule has 0 fully saturated rings. The first-order valence-electron chi connectivity index (χ1n) is 9.64. The number of nitrogens with one attached hydrogen (secondary N) is 2. The maximum absolute atomic E-state index is 13.0. The first kappa shape index (κ1) is 19.7. The topological polar surface area (TPSA) is 87.7 Å². The normalized spacial score (nSPS) is 16.9. The lowest BCUT2D eigenvalue weighted by Gasteiger charge is -2.31. The van der Waals surface area contributed by atoms with E-state index in [9.17, 15) is 14.7 Å². The number of benzene rings is 2. The molecular formula is C22H26N2O4. The van der Waals surface area contributed by atoms with Gasteiger partial charge in [0, 0.05) is 11.3 Å². The van der Waals surface area contributed by atoms with Crippen molar-refractivity contribution in [3.63, 3.8) is 0 Å². The number of aromatic hydroxyl groups is 1. The molecule has 6 heteroatoms. The van der Waals surface area contributed by atoms with Crippen molar-refractivity contribution in [3.8, 4) is 5.75 Å². The van der Waals surface area contributed by atoms with Gasteiger partial charge in [0.2, 0.25) is 0 Å². The third-order valence-corrected chi connectivity index (χ3v) is 4.73. The summed E-state index contributed by atoms with van der Waals surface area (Å²) < 4.78 is 5.47. The van der Waals surface area contributed by atoms with Crippen molar-refractivity contribution in [2.75, 3.05) is 0 Å². The number of hydrogen-bond acceptors (Lipinski definition) is 4. The van der Waals surface area contributed by atoms with Crippen LogP contribution in [-0.2, 0) is 9.53 Å². The zero-order chi connectivity index (χ0) is 20.3. The summed E-state index contributed by atoms with van der Waals surface area (Å²) in [6.45, 7) is 5.61. The van der Waals surface area contributed by atoms with Crippen molar-refractivity contribution >= 4 is 22.8 Å². The SMILES string of the molecule is CCCCC1=C(C(=O)OC(C)C)C(c2c(O)ccc3ccccc23)NC(=O)N1. The number of allylic oxidation sites excluding steroid dienone is 1. The molecule has 28 heavy (non-hydrogen) atoms. The predicted molar refractivity (Wildman–Crippen MR) is 108 cm³/mol. The molecule has 6 nitrogen and oxygen atoms in total. The standard InChI is InChI=1S/C22H26N2O4/c1-4-5-10-16-19(21(26)28-13(2)3)20(24-22(27)23-16)18-15-9-7-6-8-14(15)11-12-17(18)25/h6-9,11-13,20,25H,4-5,10H2,1-3H3,(H2,23,24,27). The molecule has 0 bridgehead atoms. The Bertz CT molecular complexity index is 933. The van der Waals surface area contributed by atoms with Crippen molar-refractivity contribution in [2.24, 2.45) is 0 Å². The van der Waals surface area contributed by atoms with Gasteiger partial charge in [-0.15, -0.1) is 0 Å². The van der Waals surface area contributed by atoms with E-state index in [4.69, 9.17) is 4.74 Å². The van der Waals surface area contributed by atoms with Gasteiger partial charge in [-0.05, 0) is 43.5 Å². The lowest BCUT2D eigenvalue weighted by atomic mass is 9.89. The van der Waals surface area contributed by atoms with Crippen molar-refractivity contribution in [3.05, 3.63) is 53.2 Å². The van der Waals surface area contributed by atoms with E-state index in [-0.39, 0.29) is 11.9 Å². The molecule has 1 unspecified atom stereocenters. The maximum Gasteiger partial charge on any atom is 0.338 e. The van der Waals surface area contributed by atoms with E-state index in [1.807, 2.05) is 37.3 Å². The molecule has 1 atom stereocenters. The fourth-order valence-corrected chi connectivity index (χ4v) is 3.49. The summed E-state index contributed by atoms with van der Waals surface area (Å²) >= 11 is 0. The Hall–Kier alpha value is -3.02. The highest BCUT2D eigenvalue weighted by Crippen LogP contribution is 2.38. The molecule has 0 spiro atoms. The van der Waals surface area contributed by atoms with Crippen LogP contribution in [0.3, 0.4) is 0 Å². The van der Waals surface area contributed by atoms with Crippen LogP contribution in [0.15, 0.2) is 47.7 Å². The average molecular weight is 382 g/mol. The Morgan fingerprint density at radius 3 is 2.68 bits per heavy atom. The molecule has 3 rings (SSSR count). The van der Waals surface area contributed by atoms with E-state index < -0.39 is 18.0 Å². The monoisotopic (exact) mass is 382 g/mol. The first-order valence-corrected chi connectivity index (χ1v) is 9.64. The van der Waals surface area contributed by atoms with Crippen molar-refractivity contribution in [1.29, 1.82) is 0 Å². The molecule has 0 saturated heterocycles. The number of carbonyl (C=O) groups excluding carboxylic acids is 2. The summed E-state index contributed by atoms with van der Waals surface area (Å²) in [6.07, 6.45) is 1.99. The van der Waals surface area contributed by atoms with E-state index in [0.717, 1.165) is 23.6 Å². The Morgan fingerprint density at radius 2 is 1.96 bits per heavy atom. The molecule has 2 aromatic rings. The minimum atomic E-state index is -0.794. The Balaban J connectivity index is 2.20. The number of rotatable bonds is 6. The Labute approximate surface area is 164 Å². The number of esters is 1. The number of fused-ring (bicyclic) bond motifs is 1. The van der Waals surface area contributed by atoms with Crippen LogP contribution in [0.5, 0.6) is 5.75 Å². The van der Waals surface area contributed by atoms with E-state index in [1.54, 1.807) is 19.9 Å². The number of phenols is 1. The second kappa shape index (κ2) is 8.33. The number of unbranched alkanes of at least 4 members (excludes halogenated alkanes) is 1. The van der Waals surface area contributed by atoms with Gasteiger partial charge in [-0.2, -0.15) is 0 Å². The zero-order valence-corrected chi connectivity index (χ0v) is 16.4. The van der Waals surface area contributed by atoms with Gasteiger partial charge < -0.3 is 20.5 Å². The Morgan fingerprint density at radius 1 is 1.21 bits per heavy atom. The molecule has 2 aromatic carbocycles. The lowest BCUT2D eigenvalue weighted by Crippen LogP contribution is -2.46. The third kappa shape index (κ3) is 3.96. The second-order valence-electron chi connectivity index (χ2n) is 7.20. The van der Waals surface area contributed by atoms with Crippen molar-refractivity contribution < 1.29 is 19.4 Å². The third-order valence-electron chi connectivity index (χ3n) is 4.73. The highest BCUT2D eigenvalue weighted by atomic mass is 16.5. The molecule has 1 aliphatic heterocycles. The van der Waals surface area contributed by atoms with Gasteiger partial charge in [0.15, 0.2) is 0 Å². The fourth-order valence-electron chi connectivity index (χ4n) is 3.49. The quantitative estimate of drug-likeness (QED) is 0.650. The van der Waals surface area contributed by atoms with Gasteiger partial charge in [0.25, 0.3) is 0 Å². The van der Waals surface area contributed by atoms with E-state index >= 15 is 0 Å². The van der Waals surface area contributed by atoms with E-state index in [1.165, 1.54) is 0 Å². The van der Waals surface area contributed by atoms with Crippen molar-refractivity contribution in [1.82, 2.24) is 10.6 Å². The molecule has 2 amide bonds. The number of amides is 2. The largest absolute Gasteiger partial charge is 0.508 e. The van der Waals surface area contributed by atoms with Gasteiger partial charge in [-0.3, -0.25) is 0 Å². The highest BCUT2D eigenvalue weighted by Gasteiger charge is 2.36. The summed E-state index contributed by atoms with van der Waals surface area (Å²) in [6, 6.07) is 9.77. The summed E-state index contributed by atoms with van der Waals surface area (Å²) in [5.41, 5.74) is 1.39. The number of hydrogen-bond donors (Lipinski definition) is 3. The predicted octanol–water partition coefficient (Wildman–Crippen LogP) is 4.30. The van der Waals surface area contributed by atoms with E-state index in [2.05, 4.69) is 10.6 Å². The van der Waals surface area contributed by atoms with Crippen LogP contribution < -0.4 is 10.6 Å². The molecule has 1 heterocycles. The molecule has 0 aromatic heterocycles. The van der Waals surface area contributed by atoms with Gasteiger partial charge in [0.05, 0.1) is 17.7 Å². The van der Waals surface area contributed by atoms with Crippen molar-refractivity contribution in [2.45, 2.75) is 52.2 Å². The summed E-state index contributed by atoms with van der Waals surface area (Å²) in [5, 5.41) is 17.9. The number of phenolic OH excluding ortho intramolecular Hbond substituents is 1. The van der Waals surface area contributed by atoms with Gasteiger partial charge in [-0.1, -0.05) is 43.7 Å². The summed E-state index contributed by atoms with van der Waals surface area (Å²) in [7, 11) is 0. The molecular weight excluding hydrogens is 356 g/mol. The minimum absolute atomic E-state index is 0.0237. The molecule has 0 aliphatic carbocycles. The highest BCUT2D eigenvalue weighted by molar-refractivity contribution is 5.98.